The third-order valence-corrected chi connectivity index (χ3v) is 4.98. The summed E-state index contributed by atoms with van der Waals surface area (Å²) in [5.74, 6) is 0.269. The van der Waals surface area contributed by atoms with Crippen molar-refractivity contribution in [2.24, 2.45) is 0 Å². The lowest BCUT2D eigenvalue weighted by Crippen LogP contribution is -2.42. The van der Waals surface area contributed by atoms with E-state index in [2.05, 4.69) is 0 Å². The molecule has 7 heteroatoms. The van der Waals surface area contributed by atoms with E-state index >= 15 is 0 Å². The highest BCUT2D eigenvalue weighted by molar-refractivity contribution is 6.30. The van der Waals surface area contributed by atoms with Crippen molar-refractivity contribution in [3.63, 3.8) is 0 Å². The van der Waals surface area contributed by atoms with Crippen LogP contribution in [0.25, 0.3) is 17.4 Å². The molecule has 148 valence electrons. The van der Waals surface area contributed by atoms with Gasteiger partial charge in [-0.3, -0.25) is 14.5 Å². The molecule has 0 spiro atoms. The SMILES string of the molecule is CC1=C(C#N)C(=O)N(Cc2ccco2)C(=O)/C1=C/c1ccc(-c2cccc(Cl)c2)o1. The van der Waals surface area contributed by atoms with E-state index in [0.717, 1.165) is 10.5 Å². The van der Waals surface area contributed by atoms with E-state index in [1.165, 1.54) is 12.3 Å². The molecule has 3 aromatic rings. The van der Waals surface area contributed by atoms with Gasteiger partial charge in [-0.2, -0.15) is 5.26 Å². The molecular weight excluding hydrogens is 404 g/mol. The molecule has 1 aromatic carbocycles. The fraction of sp³-hybridized carbons (Fsp3) is 0.0870. The Morgan fingerprint density at radius 3 is 2.67 bits per heavy atom. The number of rotatable bonds is 4. The maximum atomic E-state index is 13.1. The highest BCUT2D eigenvalue weighted by atomic mass is 35.5. The van der Waals surface area contributed by atoms with Gasteiger partial charge in [0.15, 0.2) is 0 Å². The summed E-state index contributed by atoms with van der Waals surface area (Å²) < 4.78 is 11.1. The second-order valence-corrected chi connectivity index (χ2v) is 7.09. The minimum atomic E-state index is -0.646. The molecule has 1 aliphatic heterocycles. The molecular formula is C23H15ClN2O4. The van der Waals surface area contributed by atoms with Crippen LogP contribution in [0.2, 0.25) is 5.02 Å². The Morgan fingerprint density at radius 1 is 1.13 bits per heavy atom. The maximum Gasteiger partial charge on any atom is 0.272 e. The third-order valence-electron chi connectivity index (χ3n) is 4.74. The molecule has 30 heavy (non-hydrogen) atoms. The molecule has 0 bridgehead atoms. The van der Waals surface area contributed by atoms with Gasteiger partial charge in [0.1, 0.15) is 28.9 Å². The number of hydrogen-bond donors (Lipinski definition) is 0. The number of nitriles is 1. The fourth-order valence-corrected chi connectivity index (χ4v) is 3.39. The first kappa shape index (κ1) is 19.5. The van der Waals surface area contributed by atoms with Gasteiger partial charge in [-0.15, -0.1) is 0 Å². The molecule has 4 rings (SSSR count). The number of furan rings is 2. The van der Waals surface area contributed by atoms with Crippen LogP contribution in [0.5, 0.6) is 0 Å². The second-order valence-electron chi connectivity index (χ2n) is 6.66. The molecule has 0 atom stereocenters. The van der Waals surface area contributed by atoms with Crippen LogP contribution in [-0.4, -0.2) is 16.7 Å². The van der Waals surface area contributed by atoms with Gasteiger partial charge in [0.2, 0.25) is 0 Å². The summed E-state index contributed by atoms with van der Waals surface area (Å²) >= 11 is 6.04. The van der Waals surface area contributed by atoms with Crippen LogP contribution in [0.1, 0.15) is 18.4 Å². The molecule has 0 N–H and O–H groups in total. The monoisotopic (exact) mass is 418 g/mol. The number of carbonyl (C=O) groups excluding carboxylic acids is 2. The van der Waals surface area contributed by atoms with E-state index < -0.39 is 11.8 Å². The molecule has 3 heterocycles. The summed E-state index contributed by atoms with van der Waals surface area (Å²) in [5.41, 5.74) is 1.23. The van der Waals surface area contributed by atoms with Crippen molar-refractivity contribution in [3.8, 4) is 17.4 Å². The molecule has 0 saturated carbocycles. The molecule has 0 fully saturated rings. The van der Waals surface area contributed by atoms with Crippen molar-refractivity contribution in [1.29, 1.82) is 5.26 Å². The van der Waals surface area contributed by atoms with Crippen molar-refractivity contribution in [1.82, 2.24) is 4.90 Å². The van der Waals surface area contributed by atoms with Gasteiger partial charge in [0.25, 0.3) is 11.8 Å². The van der Waals surface area contributed by atoms with Gasteiger partial charge in [-0.1, -0.05) is 23.7 Å². The molecule has 2 aromatic heterocycles. The van der Waals surface area contributed by atoms with E-state index in [1.807, 2.05) is 18.2 Å². The van der Waals surface area contributed by atoms with E-state index in [9.17, 15) is 14.9 Å². The minimum Gasteiger partial charge on any atom is -0.467 e. The molecule has 0 unspecified atom stereocenters. The lowest BCUT2D eigenvalue weighted by Gasteiger charge is -2.26. The average molecular weight is 419 g/mol. The van der Waals surface area contributed by atoms with Crippen LogP contribution >= 0.6 is 11.6 Å². The lowest BCUT2D eigenvalue weighted by molar-refractivity contribution is -0.141. The Kier molecular flexibility index (Phi) is 5.13. The Balaban J connectivity index is 1.72. The highest BCUT2D eigenvalue weighted by Gasteiger charge is 2.36. The normalized spacial score (nSPS) is 15.8. The Labute approximate surface area is 177 Å². The molecule has 2 amide bonds. The number of amides is 2. The Bertz CT molecular complexity index is 1240. The number of benzene rings is 1. The summed E-state index contributed by atoms with van der Waals surface area (Å²) in [6.07, 6.45) is 2.99. The van der Waals surface area contributed by atoms with Crippen LogP contribution in [0.4, 0.5) is 0 Å². The number of hydrogen-bond acceptors (Lipinski definition) is 5. The fourth-order valence-electron chi connectivity index (χ4n) is 3.20. The van der Waals surface area contributed by atoms with E-state index in [0.29, 0.717) is 27.9 Å². The quantitative estimate of drug-likeness (QED) is 0.440. The van der Waals surface area contributed by atoms with E-state index in [4.69, 9.17) is 20.4 Å². The maximum absolute atomic E-state index is 13.1. The van der Waals surface area contributed by atoms with Crippen LogP contribution in [0.15, 0.2) is 80.3 Å². The zero-order valence-electron chi connectivity index (χ0n) is 15.9. The zero-order chi connectivity index (χ0) is 21.3. The van der Waals surface area contributed by atoms with Crippen LogP contribution in [-0.2, 0) is 16.1 Å². The Hall–Kier alpha value is -3.82. The largest absolute Gasteiger partial charge is 0.467 e. The van der Waals surface area contributed by atoms with Gasteiger partial charge >= 0.3 is 0 Å². The smallest absolute Gasteiger partial charge is 0.272 e. The van der Waals surface area contributed by atoms with Gasteiger partial charge in [0, 0.05) is 16.2 Å². The van der Waals surface area contributed by atoms with Crippen molar-refractivity contribution in [2.75, 3.05) is 0 Å². The minimum absolute atomic E-state index is 0.0631. The summed E-state index contributed by atoms with van der Waals surface area (Å²) in [7, 11) is 0. The summed E-state index contributed by atoms with van der Waals surface area (Å²) in [6, 6.07) is 15.9. The molecule has 0 radical (unpaired) electrons. The van der Waals surface area contributed by atoms with Crippen LogP contribution in [0, 0.1) is 11.3 Å². The number of nitrogens with zero attached hydrogens (tertiary/aromatic N) is 2. The first-order chi connectivity index (χ1) is 14.5. The van der Waals surface area contributed by atoms with Crippen molar-refractivity contribution < 1.29 is 18.4 Å². The lowest BCUT2D eigenvalue weighted by atomic mass is 9.94. The average Bonchev–Trinajstić information content (AvgIpc) is 3.41. The predicted octanol–water partition coefficient (Wildman–Crippen LogP) is 4.99. The first-order valence-electron chi connectivity index (χ1n) is 9.05. The zero-order valence-corrected chi connectivity index (χ0v) is 16.6. The van der Waals surface area contributed by atoms with Gasteiger partial charge in [-0.05, 0) is 55.0 Å². The number of halogens is 1. The number of imide groups is 1. The van der Waals surface area contributed by atoms with Crippen LogP contribution in [0.3, 0.4) is 0 Å². The summed E-state index contributed by atoms with van der Waals surface area (Å²) in [5, 5.41) is 10.1. The van der Waals surface area contributed by atoms with Gasteiger partial charge in [0.05, 0.1) is 12.8 Å². The second kappa shape index (κ2) is 7.90. The topological polar surface area (TPSA) is 87.5 Å². The van der Waals surface area contributed by atoms with Crippen LogP contribution < -0.4 is 0 Å². The molecule has 1 aliphatic rings. The number of carbonyl (C=O) groups is 2. The van der Waals surface area contributed by atoms with E-state index in [-0.39, 0.29) is 17.7 Å². The molecule has 0 aliphatic carbocycles. The molecule has 0 saturated heterocycles. The predicted molar refractivity (Wildman–Crippen MR) is 110 cm³/mol. The van der Waals surface area contributed by atoms with Crippen molar-refractivity contribution in [2.45, 2.75) is 13.5 Å². The van der Waals surface area contributed by atoms with E-state index in [1.54, 1.807) is 43.3 Å². The van der Waals surface area contributed by atoms with Gasteiger partial charge in [-0.25, -0.2) is 0 Å². The summed E-state index contributed by atoms with van der Waals surface area (Å²) in [4.78, 5) is 26.7. The molecule has 6 nitrogen and oxygen atoms in total. The van der Waals surface area contributed by atoms with Gasteiger partial charge < -0.3 is 8.83 Å². The highest BCUT2D eigenvalue weighted by Crippen LogP contribution is 2.30. The first-order valence-corrected chi connectivity index (χ1v) is 9.43. The van der Waals surface area contributed by atoms with Crippen molar-refractivity contribution >= 4 is 29.5 Å². The third kappa shape index (κ3) is 3.59. The standard InChI is InChI=1S/C23H15ClN2O4/c1-14-19(11-17-7-8-21(30-17)15-4-2-5-16(24)10-15)22(27)26(23(28)20(14)12-25)13-18-6-3-9-29-18/h2-11H,13H2,1H3/b19-11+. The summed E-state index contributed by atoms with van der Waals surface area (Å²) in [6.45, 7) is 1.51. The Morgan fingerprint density at radius 2 is 1.97 bits per heavy atom. The van der Waals surface area contributed by atoms with Crippen molar-refractivity contribution in [3.05, 3.63) is 88.1 Å².